The first-order chi connectivity index (χ1) is 14.0. The van der Waals surface area contributed by atoms with E-state index in [0.29, 0.717) is 31.1 Å². The largest absolute Gasteiger partial charge is 0.481 e. The fourth-order valence-electron chi connectivity index (χ4n) is 3.58. The Morgan fingerprint density at radius 3 is 3.03 bits per heavy atom. The van der Waals surface area contributed by atoms with Crippen molar-refractivity contribution in [3.8, 4) is 5.75 Å². The summed E-state index contributed by atoms with van der Waals surface area (Å²) >= 11 is 0. The van der Waals surface area contributed by atoms with E-state index in [1.807, 2.05) is 0 Å². The van der Waals surface area contributed by atoms with Gasteiger partial charge in [-0.2, -0.15) is 0 Å². The number of para-hydroxylation sites is 1. The molecule has 1 aliphatic heterocycles. The number of piperidine rings is 1. The maximum absolute atomic E-state index is 13.6. The van der Waals surface area contributed by atoms with Gasteiger partial charge in [0.25, 0.3) is 11.5 Å². The summed E-state index contributed by atoms with van der Waals surface area (Å²) in [6.45, 7) is 3.16. The van der Waals surface area contributed by atoms with Crippen molar-refractivity contribution in [2.45, 2.75) is 26.3 Å². The van der Waals surface area contributed by atoms with Crippen LogP contribution in [0.25, 0.3) is 11.2 Å². The number of hydrogen-bond donors (Lipinski definition) is 1. The number of carbonyl (C=O) groups excluding carboxylic acids is 1. The maximum Gasteiger partial charge on any atom is 0.281 e. The van der Waals surface area contributed by atoms with Gasteiger partial charge in [0.15, 0.2) is 29.3 Å². The van der Waals surface area contributed by atoms with Crippen LogP contribution in [0.15, 0.2) is 29.1 Å². The summed E-state index contributed by atoms with van der Waals surface area (Å²) in [5, 5.41) is 7.98. The van der Waals surface area contributed by atoms with Crippen molar-refractivity contribution in [3.63, 3.8) is 0 Å². The number of amides is 1. The molecule has 1 saturated heterocycles. The number of nitrogens with zero attached hydrogens (tertiary/aromatic N) is 5. The Labute approximate surface area is 165 Å². The average molecular weight is 400 g/mol. The van der Waals surface area contributed by atoms with E-state index in [4.69, 9.17) is 4.74 Å². The van der Waals surface area contributed by atoms with Crippen molar-refractivity contribution in [2.75, 3.05) is 19.7 Å². The molecule has 0 bridgehead atoms. The lowest BCUT2D eigenvalue weighted by Gasteiger charge is -2.32. The van der Waals surface area contributed by atoms with Crippen molar-refractivity contribution >= 4 is 17.1 Å². The second-order valence-electron chi connectivity index (χ2n) is 7.16. The summed E-state index contributed by atoms with van der Waals surface area (Å²) in [6.07, 6.45) is 1.76. The Hall–Kier alpha value is -3.30. The molecule has 3 heterocycles. The Bertz CT molecular complexity index is 1090. The number of nitrogens with one attached hydrogen (secondary N) is 1. The van der Waals surface area contributed by atoms with Crippen LogP contribution in [0.3, 0.4) is 0 Å². The number of halogens is 1. The zero-order valence-electron chi connectivity index (χ0n) is 16.0. The summed E-state index contributed by atoms with van der Waals surface area (Å²) in [7, 11) is 0. The highest BCUT2D eigenvalue weighted by atomic mass is 19.1. The highest BCUT2D eigenvalue weighted by Crippen LogP contribution is 2.20. The van der Waals surface area contributed by atoms with E-state index < -0.39 is 5.82 Å². The van der Waals surface area contributed by atoms with Gasteiger partial charge < -0.3 is 14.6 Å². The molecule has 1 N–H and O–H groups in total. The molecule has 0 radical (unpaired) electrons. The molecule has 29 heavy (non-hydrogen) atoms. The molecule has 1 aromatic carbocycles. The van der Waals surface area contributed by atoms with Crippen molar-refractivity contribution in [1.82, 2.24) is 29.9 Å². The number of hydrogen-bond acceptors (Lipinski definition) is 6. The Morgan fingerprint density at radius 1 is 1.38 bits per heavy atom. The highest BCUT2D eigenvalue weighted by molar-refractivity contribution is 5.77. The molecule has 0 spiro atoms. The Kier molecular flexibility index (Phi) is 5.24. The molecule has 0 saturated carbocycles. The van der Waals surface area contributed by atoms with Gasteiger partial charge in [0.1, 0.15) is 5.82 Å². The summed E-state index contributed by atoms with van der Waals surface area (Å²) in [6, 6.07) is 6.01. The minimum atomic E-state index is -0.493. The number of aromatic nitrogens is 5. The van der Waals surface area contributed by atoms with Crippen molar-refractivity contribution in [3.05, 3.63) is 46.3 Å². The lowest BCUT2D eigenvalue weighted by Crippen LogP contribution is -2.43. The van der Waals surface area contributed by atoms with Crippen LogP contribution in [0, 0.1) is 18.7 Å². The molecule has 3 aromatic rings. The zero-order chi connectivity index (χ0) is 20.4. The maximum atomic E-state index is 13.6. The molecule has 1 atom stereocenters. The van der Waals surface area contributed by atoms with Gasteiger partial charge in [-0.1, -0.05) is 17.3 Å². The van der Waals surface area contributed by atoms with Crippen molar-refractivity contribution in [2.24, 2.45) is 5.92 Å². The van der Waals surface area contributed by atoms with Gasteiger partial charge in [-0.05, 0) is 37.8 Å². The van der Waals surface area contributed by atoms with E-state index in [1.165, 1.54) is 12.1 Å². The van der Waals surface area contributed by atoms with Crippen LogP contribution in [-0.4, -0.2) is 55.5 Å². The standard InChI is InChI=1S/C19H21FN6O3/c1-12-21-18-17(19(28)22-12)23-24-26(18)10-13-5-4-8-25(9-13)16(27)11-29-15-7-3-2-6-14(15)20/h2-3,6-7,13H,4-5,8-11H2,1H3,(H,21,22,28)/t13-/m0/s1. The fraction of sp³-hybridized carbons (Fsp3) is 0.421. The highest BCUT2D eigenvalue weighted by Gasteiger charge is 2.25. The molecule has 1 fully saturated rings. The number of ether oxygens (including phenoxy) is 1. The third-order valence-corrected chi connectivity index (χ3v) is 4.98. The lowest BCUT2D eigenvalue weighted by molar-refractivity contribution is -0.135. The topological polar surface area (TPSA) is 106 Å². The molecular weight excluding hydrogens is 379 g/mol. The van der Waals surface area contributed by atoms with E-state index in [-0.39, 0.29) is 35.3 Å². The van der Waals surface area contributed by atoms with Crippen LogP contribution in [0.5, 0.6) is 5.75 Å². The van der Waals surface area contributed by atoms with Crippen LogP contribution in [0.4, 0.5) is 4.39 Å². The number of likely N-dealkylation sites (tertiary alicyclic amines) is 1. The summed E-state index contributed by atoms with van der Waals surface area (Å²) < 4.78 is 20.6. The van der Waals surface area contributed by atoms with Gasteiger partial charge in [-0.3, -0.25) is 9.59 Å². The quantitative estimate of drug-likeness (QED) is 0.692. The Balaban J connectivity index is 1.40. The number of H-pyrrole nitrogens is 1. The Morgan fingerprint density at radius 2 is 2.21 bits per heavy atom. The average Bonchev–Trinajstić information content (AvgIpc) is 3.10. The number of aryl methyl sites for hydroxylation is 1. The first-order valence-electron chi connectivity index (χ1n) is 9.46. The molecule has 10 heteroatoms. The van der Waals surface area contributed by atoms with Gasteiger partial charge in [-0.25, -0.2) is 14.1 Å². The summed E-state index contributed by atoms with van der Waals surface area (Å²) in [5.74, 6) is 0.0267. The first kappa shape index (κ1) is 19.0. The molecule has 2 aromatic heterocycles. The monoisotopic (exact) mass is 400 g/mol. The molecule has 152 valence electrons. The fourth-order valence-corrected chi connectivity index (χ4v) is 3.58. The molecule has 4 rings (SSSR count). The van der Waals surface area contributed by atoms with Crippen LogP contribution >= 0.6 is 0 Å². The van der Waals surface area contributed by atoms with E-state index in [1.54, 1.807) is 28.6 Å². The molecule has 9 nitrogen and oxygen atoms in total. The number of aromatic amines is 1. The number of fused-ring (bicyclic) bond motifs is 1. The minimum absolute atomic E-state index is 0.0650. The minimum Gasteiger partial charge on any atom is -0.481 e. The molecule has 1 aliphatic rings. The van der Waals surface area contributed by atoms with Gasteiger partial charge >= 0.3 is 0 Å². The second-order valence-corrected chi connectivity index (χ2v) is 7.16. The first-order valence-corrected chi connectivity index (χ1v) is 9.46. The van der Waals surface area contributed by atoms with E-state index in [0.717, 1.165) is 12.8 Å². The second kappa shape index (κ2) is 7.98. The van der Waals surface area contributed by atoms with E-state index >= 15 is 0 Å². The van der Waals surface area contributed by atoms with Crippen LogP contribution in [0.2, 0.25) is 0 Å². The van der Waals surface area contributed by atoms with E-state index in [2.05, 4.69) is 20.3 Å². The van der Waals surface area contributed by atoms with Crippen LogP contribution in [-0.2, 0) is 11.3 Å². The van der Waals surface area contributed by atoms with Gasteiger partial charge in [0.05, 0.1) is 0 Å². The normalized spacial score (nSPS) is 16.9. The predicted octanol–water partition coefficient (Wildman–Crippen LogP) is 1.28. The molecule has 0 aliphatic carbocycles. The van der Waals surface area contributed by atoms with Crippen LogP contribution < -0.4 is 10.3 Å². The predicted molar refractivity (Wildman–Crippen MR) is 102 cm³/mol. The molecule has 1 amide bonds. The summed E-state index contributed by atoms with van der Waals surface area (Å²) in [5.41, 5.74) is 0.333. The number of rotatable bonds is 5. The third kappa shape index (κ3) is 4.10. The van der Waals surface area contributed by atoms with Gasteiger partial charge in [0.2, 0.25) is 0 Å². The third-order valence-electron chi connectivity index (χ3n) is 4.98. The van der Waals surface area contributed by atoms with Crippen molar-refractivity contribution in [1.29, 1.82) is 0 Å². The zero-order valence-corrected chi connectivity index (χ0v) is 16.0. The van der Waals surface area contributed by atoms with Gasteiger partial charge in [0, 0.05) is 19.6 Å². The van der Waals surface area contributed by atoms with Crippen molar-refractivity contribution < 1.29 is 13.9 Å². The molecular formula is C19H21FN6O3. The van der Waals surface area contributed by atoms with Gasteiger partial charge in [-0.15, -0.1) is 5.10 Å². The van der Waals surface area contributed by atoms with E-state index in [9.17, 15) is 14.0 Å². The smallest absolute Gasteiger partial charge is 0.281 e. The summed E-state index contributed by atoms with van der Waals surface area (Å²) in [4.78, 5) is 33.1. The number of carbonyl (C=O) groups is 1. The lowest BCUT2D eigenvalue weighted by atomic mass is 9.98. The molecule has 0 unspecified atom stereocenters. The van der Waals surface area contributed by atoms with Crippen LogP contribution in [0.1, 0.15) is 18.7 Å². The SMILES string of the molecule is Cc1nc2c(nnn2C[C@H]2CCCN(C(=O)COc3ccccc3F)C2)c(=O)[nH]1. The number of benzene rings is 1.